The SMILES string of the molecule is O=C(O)[C@@]12CCC[C@H]1CN(S(=O)(=O)c1cc(Br)ccc1F)C2. The van der Waals surface area contributed by atoms with Crippen molar-refractivity contribution in [1.82, 2.24) is 4.31 Å². The van der Waals surface area contributed by atoms with E-state index in [-0.39, 0.29) is 19.0 Å². The first kappa shape index (κ1) is 15.9. The number of carboxylic acids is 1. The number of halogens is 2. The van der Waals surface area contributed by atoms with Gasteiger partial charge in [0.1, 0.15) is 10.7 Å². The number of benzene rings is 1. The Morgan fingerprint density at radius 2 is 2.18 bits per heavy atom. The van der Waals surface area contributed by atoms with Crippen LogP contribution in [-0.4, -0.2) is 36.9 Å². The number of rotatable bonds is 3. The minimum atomic E-state index is -4.04. The number of hydrogen-bond donors (Lipinski definition) is 1. The van der Waals surface area contributed by atoms with Crippen LogP contribution in [0, 0.1) is 17.2 Å². The molecule has 1 aliphatic carbocycles. The second-order valence-electron chi connectivity index (χ2n) is 5.92. The average Bonchev–Trinajstić information content (AvgIpc) is 2.99. The Morgan fingerprint density at radius 3 is 2.82 bits per heavy atom. The summed E-state index contributed by atoms with van der Waals surface area (Å²) in [6, 6.07) is 3.72. The lowest BCUT2D eigenvalue weighted by atomic mass is 9.81. The van der Waals surface area contributed by atoms with Gasteiger partial charge < -0.3 is 5.11 Å². The Hall–Kier alpha value is -0.990. The molecule has 2 atom stereocenters. The molecular formula is C14H15BrFNO4S. The number of nitrogens with zero attached hydrogens (tertiary/aromatic N) is 1. The van der Waals surface area contributed by atoms with Crippen molar-refractivity contribution in [2.45, 2.75) is 24.2 Å². The van der Waals surface area contributed by atoms with Gasteiger partial charge in [-0.05, 0) is 37.0 Å². The standard InChI is InChI=1S/C14H15BrFNO4S/c15-10-3-4-11(16)12(6-10)22(20,21)17-7-9-2-1-5-14(9,8-17)13(18)19/h3-4,6,9H,1-2,5,7-8H2,(H,18,19)/t9-,14+/m0/s1. The molecule has 22 heavy (non-hydrogen) atoms. The maximum Gasteiger partial charge on any atom is 0.311 e. The lowest BCUT2D eigenvalue weighted by molar-refractivity contribution is -0.149. The molecule has 1 aromatic rings. The van der Waals surface area contributed by atoms with Crippen LogP contribution < -0.4 is 0 Å². The van der Waals surface area contributed by atoms with Crippen LogP contribution in [0.5, 0.6) is 0 Å². The van der Waals surface area contributed by atoms with Gasteiger partial charge in [-0.2, -0.15) is 4.31 Å². The van der Waals surface area contributed by atoms with Crippen molar-refractivity contribution in [2.75, 3.05) is 13.1 Å². The molecule has 0 bridgehead atoms. The number of carboxylic acid groups (broad SMARTS) is 1. The van der Waals surface area contributed by atoms with E-state index in [1.54, 1.807) is 0 Å². The molecule has 1 N–H and O–H groups in total. The lowest BCUT2D eigenvalue weighted by Crippen LogP contribution is -2.37. The molecule has 3 rings (SSSR count). The molecule has 0 radical (unpaired) electrons. The summed E-state index contributed by atoms with van der Waals surface area (Å²) in [6.07, 6.45) is 1.95. The van der Waals surface area contributed by atoms with Crippen LogP contribution in [0.1, 0.15) is 19.3 Å². The van der Waals surface area contributed by atoms with Crippen LogP contribution in [0.25, 0.3) is 0 Å². The Morgan fingerprint density at radius 1 is 1.45 bits per heavy atom. The monoisotopic (exact) mass is 391 g/mol. The largest absolute Gasteiger partial charge is 0.481 e. The third kappa shape index (κ3) is 2.28. The molecule has 1 heterocycles. The Labute approximate surface area is 136 Å². The zero-order valence-electron chi connectivity index (χ0n) is 11.6. The summed E-state index contributed by atoms with van der Waals surface area (Å²) in [6.45, 7) is 0.0574. The van der Waals surface area contributed by atoms with E-state index >= 15 is 0 Å². The van der Waals surface area contributed by atoms with E-state index in [2.05, 4.69) is 15.9 Å². The number of aliphatic carboxylic acids is 1. The summed E-state index contributed by atoms with van der Waals surface area (Å²) in [5, 5.41) is 9.52. The van der Waals surface area contributed by atoms with Crippen molar-refractivity contribution < 1.29 is 22.7 Å². The van der Waals surface area contributed by atoms with Gasteiger partial charge in [0, 0.05) is 17.6 Å². The average molecular weight is 392 g/mol. The molecule has 2 aliphatic rings. The van der Waals surface area contributed by atoms with Crippen LogP contribution in [0.15, 0.2) is 27.6 Å². The van der Waals surface area contributed by atoms with E-state index < -0.39 is 32.1 Å². The fourth-order valence-corrected chi connectivity index (χ4v) is 5.75. The number of sulfonamides is 1. The van der Waals surface area contributed by atoms with Crippen LogP contribution in [-0.2, 0) is 14.8 Å². The zero-order valence-corrected chi connectivity index (χ0v) is 14.0. The highest BCUT2D eigenvalue weighted by Crippen LogP contribution is 2.50. The molecule has 0 unspecified atom stereocenters. The van der Waals surface area contributed by atoms with E-state index in [9.17, 15) is 22.7 Å². The van der Waals surface area contributed by atoms with Gasteiger partial charge in [-0.3, -0.25) is 4.79 Å². The summed E-state index contributed by atoms with van der Waals surface area (Å²) in [7, 11) is -4.04. The smallest absolute Gasteiger partial charge is 0.311 e. The van der Waals surface area contributed by atoms with Gasteiger partial charge >= 0.3 is 5.97 Å². The van der Waals surface area contributed by atoms with Crippen molar-refractivity contribution >= 4 is 31.9 Å². The maximum atomic E-state index is 13.9. The molecule has 1 aromatic carbocycles. The summed E-state index contributed by atoms with van der Waals surface area (Å²) in [5.41, 5.74) is -1.02. The molecule has 5 nitrogen and oxygen atoms in total. The van der Waals surface area contributed by atoms with Crippen LogP contribution in [0.2, 0.25) is 0 Å². The van der Waals surface area contributed by atoms with Gasteiger partial charge in [-0.15, -0.1) is 0 Å². The zero-order chi connectivity index (χ0) is 16.1. The molecular weight excluding hydrogens is 377 g/mol. The first-order valence-electron chi connectivity index (χ1n) is 6.96. The van der Waals surface area contributed by atoms with E-state index in [1.807, 2.05) is 0 Å². The molecule has 1 saturated carbocycles. The summed E-state index contributed by atoms with van der Waals surface area (Å²) in [4.78, 5) is 11.2. The second-order valence-corrected chi connectivity index (χ2v) is 8.74. The van der Waals surface area contributed by atoms with E-state index in [0.717, 1.165) is 16.8 Å². The van der Waals surface area contributed by atoms with Crippen molar-refractivity contribution in [3.63, 3.8) is 0 Å². The highest BCUT2D eigenvalue weighted by molar-refractivity contribution is 9.10. The van der Waals surface area contributed by atoms with Gasteiger partial charge in [0.25, 0.3) is 0 Å². The highest BCUT2D eigenvalue weighted by atomic mass is 79.9. The van der Waals surface area contributed by atoms with Gasteiger partial charge in [0.2, 0.25) is 10.0 Å². The fraction of sp³-hybridized carbons (Fsp3) is 0.500. The second kappa shape index (κ2) is 5.28. The van der Waals surface area contributed by atoms with Crippen molar-refractivity contribution in [2.24, 2.45) is 11.3 Å². The van der Waals surface area contributed by atoms with Crippen molar-refractivity contribution in [3.8, 4) is 0 Å². The highest BCUT2D eigenvalue weighted by Gasteiger charge is 2.57. The molecule has 120 valence electrons. The lowest BCUT2D eigenvalue weighted by Gasteiger charge is -2.23. The van der Waals surface area contributed by atoms with E-state index in [0.29, 0.717) is 17.3 Å². The summed E-state index contributed by atoms with van der Waals surface area (Å²) in [5.74, 6) is -1.98. The summed E-state index contributed by atoms with van der Waals surface area (Å²) >= 11 is 3.14. The van der Waals surface area contributed by atoms with E-state index in [1.165, 1.54) is 12.1 Å². The third-order valence-electron chi connectivity index (χ3n) is 4.78. The third-order valence-corrected chi connectivity index (χ3v) is 7.10. The molecule has 8 heteroatoms. The fourth-order valence-electron chi connectivity index (χ4n) is 3.59. The van der Waals surface area contributed by atoms with Gasteiger partial charge in [-0.1, -0.05) is 22.4 Å². The topological polar surface area (TPSA) is 74.7 Å². The van der Waals surface area contributed by atoms with Gasteiger partial charge in [0.15, 0.2) is 0 Å². The minimum Gasteiger partial charge on any atom is -0.481 e. The Balaban J connectivity index is 1.98. The first-order chi connectivity index (χ1) is 10.3. The van der Waals surface area contributed by atoms with Gasteiger partial charge in [-0.25, -0.2) is 12.8 Å². The quantitative estimate of drug-likeness (QED) is 0.858. The first-order valence-corrected chi connectivity index (χ1v) is 9.19. The Kier molecular flexibility index (Phi) is 3.81. The molecule has 1 saturated heterocycles. The molecule has 0 spiro atoms. The maximum absolute atomic E-state index is 13.9. The minimum absolute atomic E-state index is 0.0821. The van der Waals surface area contributed by atoms with Crippen LogP contribution >= 0.6 is 15.9 Å². The summed E-state index contributed by atoms with van der Waals surface area (Å²) < 4.78 is 40.9. The van der Waals surface area contributed by atoms with Crippen molar-refractivity contribution in [3.05, 3.63) is 28.5 Å². The predicted molar refractivity (Wildman–Crippen MR) is 80.3 cm³/mol. The van der Waals surface area contributed by atoms with Crippen LogP contribution in [0.3, 0.4) is 0 Å². The molecule has 1 aliphatic heterocycles. The number of fused-ring (bicyclic) bond motifs is 1. The predicted octanol–water partition coefficient (Wildman–Crippen LogP) is 2.46. The normalized spacial score (nSPS) is 28.7. The van der Waals surface area contributed by atoms with E-state index in [4.69, 9.17) is 0 Å². The molecule has 0 aromatic heterocycles. The molecule has 0 amide bonds. The van der Waals surface area contributed by atoms with Gasteiger partial charge in [0.05, 0.1) is 5.41 Å². The Bertz CT molecular complexity index is 738. The van der Waals surface area contributed by atoms with Crippen molar-refractivity contribution in [1.29, 1.82) is 0 Å². The number of carbonyl (C=O) groups is 1. The molecule has 2 fully saturated rings. The number of hydrogen-bond acceptors (Lipinski definition) is 3. The van der Waals surface area contributed by atoms with Crippen LogP contribution in [0.4, 0.5) is 4.39 Å².